The maximum absolute atomic E-state index is 13.2. The molecule has 1 atom stereocenters. The van der Waals surface area contributed by atoms with Gasteiger partial charge in [0.25, 0.3) is 5.91 Å². The van der Waals surface area contributed by atoms with E-state index in [0.717, 1.165) is 5.56 Å². The molecule has 0 spiro atoms. The Labute approximate surface area is 189 Å². The average Bonchev–Trinajstić information content (AvgIpc) is 2.86. The minimum absolute atomic E-state index is 0.216. The predicted octanol–water partition coefficient (Wildman–Crippen LogP) is 4.02. The van der Waals surface area contributed by atoms with Crippen LogP contribution in [0.5, 0.6) is 5.75 Å². The fraction of sp³-hybridized carbons (Fsp3) is 0.115. The first-order chi connectivity index (χ1) is 16.0. The van der Waals surface area contributed by atoms with Crippen LogP contribution in [0.2, 0.25) is 0 Å². The third kappa shape index (κ3) is 5.10. The van der Waals surface area contributed by atoms with E-state index in [9.17, 15) is 14.4 Å². The number of carbonyl (C=O) groups is 2. The first-order valence-electron chi connectivity index (χ1n) is 10.2. The molecule has 4 aromatic rings. The molecule has 1 heterocycles. The Kier molecular flexibility index (Phi) is 6.50. The molecule has 4 rings (SSSR count). The Morgan fingerprint density at radius 2 is 1.64 bits per heavy atom. The van der Waals surface area contributed by atoms with Crippen molar-refractivity contribution in [1.29, 1.82) is 0 Å². The third-order valence-corrected chi connectivity index (χ3v) is 5.05. The van der Waals surface area contributed by atoms with Crippen molar-refractivity contribution in [3.63, 3.8) is 0 Å². The largest absolute Gasteiger partial charge is 0.497 e. The van der Waals surface area contributed by atoms with Gasteiger partial charge in [-0.2, -0.15) is 0 Å². The highest BCUT2D eigenvalue weighted by Crippen LogP contribution is 2.29. The topological polar surface area (TPSA) is 94.8 Å². The van der Waals surface area contributed by atoms with Crippen molar-refractivity contribution in [2.75, 3.05) is 7.11 Å². The monoisotopic (exact) mass is 443 g/mol. The van der Waals surface area contributed by atoms with Crippen LogP contribution >= 0.6 is 0 Å². The van der Waals surface area contributed by atoms with Crippen LogP contribution < -0.4 is 15.7 Å². The van der Waals surface area contributed by atoms with Crippen LogP contribution in [0.15, 0.2) is 94.1 Å². The zero-order valence-electron chi connectivity index (χ0n) is 17.8. The minimum Gasteiger partial charge on any atom is -0.497 e. The molecule has 1 aromatic heterocycles. The molecule has 1 amide bonds. The van der Waals surface area contributed by atoms with Gasteiger partial charge in [-0.25, -0.2) is 9.59 Å². The maximum Gasteiger partial charge on any atom is 0.339 e. The summed E-state index contributed by atoms with van der Waals surface area (Å²) in [5, 5.41) is 3.24. The van der Waals surface area contributed by atoms with Crippen LogP contribution in [-0.4, -0.2) is 19.0 Å². The molecule has 0 saturated carbocycles. The zero-order valence-corrected chi connectivity index (χ0v) is 17.8. The van der Waals surface area contributed by atoms with Crippen LogP contribution in [0.3, 0.4) is 0 Å². The lowest BCUT2D eigenvalue weighted by Crippen LogP contribution is -2.32. The van der Waals surface area contributed by atoms with Crippen LogP contribution in [-0.2, 0) is 16.1 Å². The fourth-order valence-corrected chi connectivity index (χ4v) is 3.40. The summed E-state index contributed by atoms with van der Waals surface area (Å²) in [6.45, 7) is 0.228. The highest BCUT2D eigenvalue weighted by atomic mass is 16.5. The normalized spacial score (nSPS) is 11.5. The Bertz CT molecular complexity index is 1330. The van der Waals surface area contributed by atoms with Gasteiger partial charge in [0.1, 0.15) is 11.3 Å². The summed E-state index contributed by atoms with van der Waals surface area (Å²) in [7, 11) is 1.49. The smallest absolute Gasteiger partial charge is 0.339 e. The van der Waals surface area contributed by atoms with E-state index in [2.05, 4.69) is 5.32 Å². The van der Waals surface area contributed by atoms with E-state index in [-0.39, 0.29) is 23.3 Å². The van der Waals surface area contributed by atoms with Gasteiger partial charge in [-0.3, -0.25) is 4.79 Å². The number of fused-ring (bicyclic) bond motifs is 1. The van der Waals surface area contributed by atoms with Crippen molar-refractivity contribution in [3.8, 4) is 5.75 Å². The molecule has 33 heavy (non-hydrogen) atoms. The average molecular weight is 443 g/mol. The van der Waals surface area contributed by atoms with Crippen LogP contribution in [0.25, 0.3) is 11.0 Å². The van der Waals surface area contributed by atoms with Crippen molar-refractivity contribution in [1.82, 2.24) is 5.32 Å². The molecule has 3 aromatic carbocycles. The zero-order chi connectivity index (χ0) is 23.2. The van der Waals surface area contributed by atoms with Gasteiger partial charge < -0.3 is 19.2 Å². The summed E-state index contributed by atoms with van der Waals surface area (Å²) < 4.78 is 16.1. The first kappa shape index (κ1) is 21.8. The van der Waals surface area contributed by atoms with E-state index in [4.69, 9.17) is 13.9 Å². The van der Waals surface area contributed by atoms with E-state index in [1.54, 1.807) is 42.5 Å². The third-order valence-electron chi connectivity index (χ3n) is 5.05. The summed E-state index contributed by atoms with van der Waals surface area (Å²) in [5.41, 5.74) is 0.919. The van der Waals surface area contributed by atoms with Gasteiger partial charge in [-0.1, -0.05) is 48.5 Å². The Balaban J connectivity index is 1.72. The van der Waals surface area contributed by atoms with Crippen LogP contribution in [0, 0.1) is 0 Å². The van der Waals surface area contributed by atoms with Gasteiger partial charge in [-0.05, 0) is 29.8 Å². The van der Waals surface area contributed by atoms with Gasteiger partial charge in [0.2, 0.25) is 6.10 Å². The second-order valence-corrected chi connectivity index (χ2v) is 7.24. The van der Waals surface area contributed by atoms with Crippen molar-refractivity contribution < 1.29 is 23.5 Å². The van der Waals surface area contributed by atoms with Crippen molar-refractivity contribution in [2.45, 2.75) is 12.6 Å². The molecule has 0 saturated heterocycles. The molecule has 7 nitrogen and oxygen atoms in total. The molecule has 0 aliphatic carbocycles. The molecular weight excluding hydrogens is 422 g/mol. The summed E-state index contributed by atoms with van der Waals surface area (Å²) >= 11 is 0. The number of methoxy groups -OCH3 is 1. The van der Waals surface area contributed by atoms with Gasteiger partial charge >= 0.3 is 11.6 Å². The number of ether oxygens (including phenoxy) is 2. The second kappa shape index (κ2) is 9.82. The number of esters is 1. The van der Waals surface area contributed by atoms with E-state index >= 15 is 0 Å². The van der Waals surface area contributed by atoms with Crippen molar-refractivity contribution >= 4 is 22.8 Å². The molecular formula is C26H21NO6. The van der Waals surface area contributed by atoms with E-state index in [1.165, 1.54) is 19.2 Å². The standard InChI is InChI=1S/C26H21NO6/c1-31-19-12-13-20-21(15-23(28)32-22(20)14-19)24(33-26(30)18-10-6-3-7-11-18)25(29)27-16-17-8-4-2-5-9-17/h2-15,24H,16H2,1H3,(H,27,29). The van der Waals surface area contributed by atoms with Gasteiger partial charge in [0.05, 0.1) is 12.7 Å². The quantitative estimate of drug-likeness (QED) is 0.343. The van der Waals surface area contributed by atoms with Gasteiger partial charge in [0.15, 0.2) is 0 Å². The highest BCUT2D eigenvalue weighted by Gasteiger charge is 2.28. The van der Waals surface area contributed by atoms with E-state index < -0.39 is 23.6 Å². The van der Waals surface area contributed by atoms with Crippen LogP contribution in [0.4, 0.5) is 0 Å². The summed E-state index contributed by atoms with van der Waals surface area (Å²) in [5.74, 6) is -0.773. The lowest BCUT2D eigenvalue weighted by Gasteiger charge is -2.19. The van der Waals surface area contributed by atoms with Gasteiger partial charge in [-0.15, -0.1) is 0 Å². The lowest BCUT2D eigenvalue weighted by atomic mass is 10.0. The fourth-order valence-electron chi connectivity index (χ4n) is 3.40. The Morgan fingerprint density at radius 3 is 2.33 bits per heavy atom. The molecule has 1 N–H and O–H groups in total. The number of hydrogen-bond acceptors (Lipinski definition) is 6. The van der Waals surface area contributed by atoms with Crippen molar-refractivity contribution in [2.24, 2.45) is 0 Å². The summed E-state index contributed by atoms with van der Waals surface area (Å²) in [4.78, 5) is 38.3. The van der Waals surface area contributed by atoms with Crippen LogP contribution in [0.1, 0.15) is 27.6 Å². The SMILES string of the molecule is COc1ccc2c(C(OC(=O)c3ccccc3)C(=O)NCc3ccccc3)cc(=O)oc2c1. The Hall–Kier alpha value is -4.39. The van der Waals surface area contributed by atoms with Crippen molar-refractivity contribution in [3.05, 3.63) is 112 Å². The number of rotatable bonds is 7. The summed E-state index contributed by atoms with van der Waals surface area (Å²) in [6, 6.07) is 23.7. The molecule has 0 aliphatic heterocycles. The molecule has 0 bridgehead atoms. The number of carbonyl (C=O) groups excluding carboxylic acids is 2. The lowest BCUT2D eigenvalue weighted by molar-refractivity contribution is -0.130. The number of benzene rings is 3. The number of hydrogen-bond donors (Lipinski definition) is 1. The molecule has 1 unspecified atom stereocenters. The maximum atomic E-state index is 13.2. The second-order valence-electron chi connectivity index (χ2n) is 7.24. The number of amides is 1. The Morgan fingerprint density at radius 1 is 0.939 bits per heavy atom. The predicted molar refractivity (Wildman–Crippen MR) is 122 cm³/mol. The first-order valence-corrected chi connectivity index (χ1v) is 10.2. The number of nitrogens with one attached hydrogen (secondary N) is 1. The molecule has 166 valence electrons. The molecule has 0 aliphatic rings. The van der Waals surface area contributed by atoms with Gasteiger partial charge in [0, 0.05) is 29.6 Å². The van der Waals surface area contributed by atoms with E-state index in [1.807, 2.05) is 30.3 Å². The molecule has 0 fully saturated rings. The highest BCUT2D eigenvalue weighted by molar-refractivity contribution is 5.95. The molecule has 7 heteroatoms. The molecule has 0 radical (unpaired) electrons. The summed E-state index contributed by atoms with van der Waals surface area (Å²) in [6.07, 6.45) is -1.37. The van der Waals surface area contributed by atoms with E-state index in [0.29, 0.717) is 11.1 Å². The minimum atomic E-state index is -1.37.